The average Bonchev–Trinajstić information content (AvgIpc) is 2.14. The third-order valence-corrected chi connectivity index (χ3v) is 2.97. The van der Waals surface area contributed by atoms with Gasteiger partial charge in [0.05, 0.1) is 12.9 Å². The number of carbonyl (C=O) groups is 1. The van der Waals surface area contributed by atoms with Crippen LogP contribution in [0.1, 0.15) is 12.8 Å². The van der Waals surface area contributed by atoms with Crippen LogP contribution in [-0.2, 0) is 14.3 Å². The van der Waals surface area contributed by atoms with Crippen LogP contribution in [-0.4, -0.2) is 50.5 Å². The summed E-state index contributed by atoms with van der Waals surface area (Å²) in [6.07, 6.45) is 1.40. The first-order chi connectivity index (χ1) is 6.88. The van der Waals surface area contributed by atoms with E-state index >= 15 is 0 Å². The van der Waals surface area contributed by atoms with E-state index in [0.717, 1.165) is 6.26 Å². The zero-order valence-electron chi connectivity index (χ0n) is 8.55. The molecule has 1 rings (SSSR count). The van der Waals surface area contributed by atoms with Crippen LogP contribution in [0.5, 0.6) is 0 Å². The summed E-state index contributed by atoms with van der Waals surface area (Å²) in [7, 11) is -3.38. The number of hydrogen-bond donors (Lipinski definition) is 1. The maximum absolute atomic E-state index is 10.7. The molecule has 1 saturated heterocycles. The van der Waals surface area contributed by atoms with E-state index in [0.29, 0.717) is 25.9 Å². The minimum atomic E-state index is -3.38. The molecule has 1 aliphatic heterocycles. The van der Waals surface area contributed by atoms with Gasteiger partial charge in [0.25, 0.3) is 10.1 Å². The molecule has 15 heavy (non-hydrogen) atoms. The lowest BCUT2D eigenvalue weighted by Crippen LogP contribution is -2.38. The fourth-order valence-electron chi connectivity index (χ4n) is 1.51. The molecular weight excluding hydrogens is 222 g/mol. The SMILES string of the molecule is CS(=O)(=O)OCC1CCN(C(=O)O)CC1. The minimum Gasteiger partial charge on any atom is -0.465 e. The third-order valence-electron chi connectivity index (χ3n) is 2.40. The van der Waals surface area contributed by atoms with E-state index in [1.807, 2.05) is 0 Å². The number of amides is 1. The molecule has 6 nitrogen and oxygen atoms in total. The lowest BCUT2D eigenvalue weighted by atomic mass is 9.98. The molecule has 0 unspecified atom stereocenters. The molecule has 0 aromatic heterocycles. The second kappa shape index (κ2) is 4.80. The molecule has 0 spiro atoms. The normalized spacial score (nSPS) is 19.1. The second-order valence-corrected chi connectivity index (χ2v) is 5.35. The Morgan fingerprint density at radius 3 is 2.40 bits per heavy atom. The van der Waals surface area contributed by atoms with Gasteiger partial charge in [-0.05, 0) is 18.8 Å². The average molecular weight is 237 g/mol. The highest BCUT2D eigenvalue weighted by atomic mass is 32.2. The number of likely N-dealkylation sites (tertiary alicyclic amines) is 1. The summed E-state index contributed by atoms with van der Waals surface area (Å²) in [5.41, 5.74) is 0. The number of hydrogen-bond acceptors (Lipinski definition) is 4. The number of nitrogens with zero attached hydrogens (tertiary/aromatic N) is 1. The van der Waals surface area contributed by atoms with Crippen molar-refractivity contribution < 1.29 is 22.5 Å². The summed E-state index contributed by atoms with van der Waals surface area (Å²) in [6, 6.07) is 0. The van der Waals surface area contributed by atoms with Crippen molar-refractivity contribution in [2.45, 2.75) is 12.8 Å². The Morgan fingerprint density at radius 2 is 2.00 bits per heavy atom. The highest BCUT2D eigenvalue weighted by Crippen LogP contribution is 2.17. The molecule has 0 radical (unpaired) electrons. The predicted octanol–water partition coefficient (Wildman–Crippen LogP) is 0.353. The first-order valence-corrected chi connectivity index (χ1v) is 6.52. The van der Waals surface area contributed by atoms with Crippen molar-refractivity contribution in [3.63, 3.8) is 0 Å². The van der Waals surface area contributed by atoms with E-state index in [2.05, 4.69) is 4.18 Å². The molecule has 0 bridgehead atoms. The van der Waals surface area contributed by atoms with Crippen molar-refractivity contribution >= 4 is 16.2 Å². The van der Waals surface area contributed by atoms with Gasteiger partial charge in [-0.25, -0.2) is 4.79 Å². The van der Waals surface area contributed by atoms with Crippen LogP contribution in [0.2, 0.25) is 0 Å². The van der Waals surface area contributed by atoms with Crippen LogP contribution in [0.15, 0.2) is 0 Å². The maximum Gasteiger partial charge on any atom is 0.407 e. The van der Waals surface area contributed by atoms with Crippen molar-refractivity contribution in [3.8, 4) is 0 Å². The van der Waals surface area contributed by atoms with Gasteiger partial charge in [0, 0.05) is 13.1 Å². The van der Waals surface area contributed by atoms with Crippen LogP contribution in [0.4, 0.5) is 4.79 Å². The Morgan fingerprint density at radius 1 is 1.47 bits per heavy atom. The van der Waals surface area contributed by atoms with Crippen molar-refractivity contribution in [2.24, 2.45) is 5.92 Å². The highest BCUT2D eigenvalue weighted by molar-refractivity contribution is 7.85. The summed E-state index contributed by atoms with van der Waals surface area (Å²) < 4.78 is 26.1. The highest BCUT2D eigenvalue weighted by Gasteiger charge is 2.23. The third kappa shape index (κ3) is 4.48. The number of rotatable bonds is 3. The molecule has 1 heterocycles. The molecule has 1 aliphatic rings. The molecule has 0 aliphatic carbocycles. The fourth-order valence-corrected chi connectivity index (χ4v) is 1.95. The lowest BCUT2D eigenvalue weighted by Gasteiger charge is -2.29. The van der Waals surface area contributed by atoms with Gasteiger partial charge >= 0.3 is 6.09 Å². The van der Waals surface area contributed by atoms with Crippen molar-refractivity contribution in [1.82, 2.24) is 4.90 Å². The predicted molar refractivity (Wildman–Crippen MR) is 53.1 cm³/mol. The summed E-state index contributed by atoms with van der Waals surface area (Å²) >= 11 is 0. The van der Waals surface area contributed by atoms with Gasteiger partial charge in [-0.3, -0.25) is 4.18 Å². The van der Waals surface area contributed by atoms with Crippen molar-refractivity contribution in [2.75, 3.05) is 26.0 Å². The molecule has 1 fully saturated rings. The zero-order valence-corrected chi connectivity index (χ0v) is 9.37. The van der Waals surface area contributed by atoms with E-state index in [4.69, 9.17) is 5.11 Å². The Bertz CT molecular complexity index is 318. The van der Waals surface area contributed by atoms with Gasteiger partial charge in [-0.15, -0.1) is 0 Å². The lowest BCUT2D eigenvalue weighted by molar-refractivity contribution is 0.112. The molecule has 1 amide bonds. The van der Waals surface area contributed by atoms with E-state index in [1.54, 1.807) is 0 Å². The van der Waals surface area contributed by atoms with E-state index in [9.17, 15) is 13.2 Å². The monoisotopic (exact) mass is 237 g/mol. The van der Waals surface area contributed by atoms with Crippen LogP contribution in [0.3, 0.4) is 0 Å². The summed E-state index contributed by atoms with van der Waals surface area (Å²) in [5.74, 6) is 0.135. The first kappa shape index (κ1) is 12.3. The van der Waals surface area contributed by atoms with Gasteiger partial charge in [0.1, 0.15) is 0 Å². The van der Waals surface area contributed by atoms with Gasteiger partial charge in [-0.1, -0.05) is 0 Å². The van der Waals surface area contributed by atoms with E-state index in [1.165, 1.54) is 4.90 Å². The Balaban J connectivity index is 2.29. The van der Waals surface area contributed by atoms with E-state index < -0.39 is 16.2 Å². The van der Waals surface area contributed by atoms with Crippen molar-refractivity contribution in [3.05, 3.63) is 0 Å². The Labute approximate surface area is 89.0 Å². The van der Waals surface area contributed by atoms with Gasteiger partial charge in [0.2, 0.25) is 0 Å². The van der Waals surface area contributed by atoms with Crippen LogP contribution < -0.4 is 0 Å². The minimum absolute atomic E-state index is 0.135. The smallest absolute Gasteiger partial charge is 0.407 e. The maximum atomic E-state index is 10.7. The van der Waals surface area contributed by atoms with Gasteiger partial charge in [-0.2, -0.15) is 8.42 Å². The first-order valence-electron chi connectivity index (χ1n) is 4.71. The Hall–Kier alpha value is -0.820. The summed E-state index contributed by atoms with van der Waals surface area (Å²) in [4.78, 5) is 11.9. The zero-order chi connectivity index (χ0) is 11.5. The molecule has 7 heteroatoms. The molecule has 1 N–H and O–H groups in total. The number of piperidine rings is 1. The topological polar surface area (TPSA) is 83.9 Å². The van der Waals surface area contributed by atoms with Crippen LogP contribution in [0, 0.1) is 5.92 Å². The largest absolute Gasteiger partial charge is 0.465 e. The summed E-state index contributed by atoms with van der Waals surface area (Å²) in [6.45, 7) is 1.06. The van der Waals surface area contributed by atoms with E-state index in [-0.39, 0.29) is 12.5 Å². The van der Waals surface area contributed by atoms with Crippen LogP contribution in [0.25, 0.3) is 0 Å². The molecule has 88 valence electrons. The quantitative estimate of drug-likeness (QED) is 0.716. The fraction of sp³-hybridized carbons (Fsp3) is 0.875. The second-order valence-electron chi connectivity index (χ2n) is 3.70. The van der Waals surface area contributed by atoms with Crippen LogP contribution >= 0.6 is 0 Å². The van der Waals surface area contributed by atoms with Gasteiger partial charge in [0.15, 0.2) is 0 Å². The Kier molecular flexibility index (Phi) is 3.92. The molecule has 0 aromatic carbocycles. The molecule has 0 aromatic rings. The molecule has 0 atom stereocenters. The summed E-state index contributed by atoms with van der Waals surface area (Å²) in [5, 5.41) is 8.68. The van der Waals surface area contributed by atoms with Crippen molar-refractivity contribution in [1.29, 1.82) is 0 Å². The molecule has 0 saturated carbocycles. The standard InChI is InChI=1S/C8H15NO5S/c1-15(12,13)14-6-7-2-4-9(5-3-7)8(10)11/h7H,2-6H2,1H3,(H,10,11). The van der Waals surface area contributed by atoms with Gasteiger partial charge < -0.3 is 10.0 Å². The number of carboxylic acid groups (broad SMARTS) is 1. The molecular formula is C8H15NO5S.